The van der Waals surface area contributed by atoms with Gasteiger partial charge in [-0.25, -0.2) is 0 Å². The van der Waals surface area contributed by atoms with Crippen LogP contribution in [0.1, 0.15) is 0 Å². The third kappa shape index (κ3) is 9.64. The third-order valence-corrected chi connectivity index (χ3v) is 0.877. The van der Waals surface area contributed by atoms with Crippen LogP contribution >= 0.6 is 0 Å². The lowest BCUT2D eigenvalue weighted by Crippen LogP contribution is -2.21. The Hall–Kier alpha value is -0.355. The topological polar surface area (TPSA) is 115 Å². The summed E-state index contributed by atoms with van der Waals surface area (Å²) in [5.74, 6) is 0. The number of halogens is 3. The molecule has 0 rings (SSSR count). The Balaban J connectivity index is 0. The first-order chi connectivity index (χ1) is 4.98. The van der Waals surface area contributed by atoms with Crippen LogP contribution in [-0.4, -0.2) is 40.9 Å². The highest BCUT2D eigenvalue weighted by Gasteiger charge is 2.44. The summed E-state index contributed by atoms with van der Waals surface area (Å²) >= 11 is 0. The molecular formula is CH4BF3O6S. The Morgan fingerprint density at radius 2 is 1.17 bits per heavy atom. The van der Waals surface area contributed by atoms with Crippen molar-refractivity contribution < 1.29 is 41.2 Å². The zero-order valence-corrected chi connectivity index (χ0v) is 6.04. The van der Waals surface area contributed by atoms with E-state index in [1.54, 1.807) is 0 Å². The molecule has 0 atom stereocenters. The van der Waals surface area contributed by atoms with E-state index in [9.17, 15) is 13.2 Å². The van der Waals surface area contributed by atoms with Crippen LogP contribution in [0.5, 0.6) is 0 Å². The van der Waals surface area contributed by atoms with Crippen molar-refractivity contribution in [2.45, 2.75) is 5.51 Å². The van der Waals surface area contributed by atoms with Crippen LogP contribution in [-0.2, 0) is 10.1 Å². The van der Waals surface area contributed by atoms with Crippen molar-refractivity contribution in [2.24, 2.45) is 0 Å². The lowest BCUT2D eigenvalue weighted by atomic mass is 10.3. The Bertz CT molecular complexity index is 203. The van der Waals surface area contributed by atoms with E-state index in [1.807, 2.05) is 0 Å². The molecule has 0 aliphatic heterocycles. The average molecular weight is 212 g/mol. The summed E-state index contributed by atoms with van der Waals surface area (Å²) < 4.78 is 57.5. The molecule has 0 fully saturated rings. The van der Waals surface area contributed by atoms with E-state index >= 15 is 0 Å². The summed E-state index contributed by atoms with van der Waals surface area (Å²) in [7, 11) is -8.01. The second-order valence-electron chi connectivity index (χ2n) is 1.27. The van der Waals surface area contributed by atoms with Gasteiger partial charge < -0.3 is 15.1 Å². The van der Waals surface area contributed by atoms with Gasteiger partial charge in [0.2, 0.25) is 0 Å². The minimum atomic E-state index is -5.84. The maximum Gasteiger partial charge on any atom is 0.631 e. The first-order valence-corrected chi connectivity index (χ1v) is 3.50. The smallest absolute Gasteiger partial charge is 0.402 e. The van der Waals surface area contributed by atoms with Gasteiger partial charge in [-0.15, -0.1) is 0 Å². The van der Waals surface area contributed by atoms with E-state index in [0.717, 1.165) is 0 Å². The third-order valence-electron chi connectivity index (χ3n) is 0.292. The summed E-state index contributed by atoms with van der Waals surface area (Å²) in [5.41, 5.74) is -5.53. The van der Waals surface area contributed by atoms with Crippen LogP contribution in [0.4, 0.5) is 13.2 Å². The fourth-order valence-electron chi connectivity index (χ4n) is 0. The van der Waals surface area contributed by atoms with Gasteiger partial charge in [0.05, 0.1) is 0 Å². The SMILES string of the molecule is O=S(=O)(O)C(F)(F)F.OB(O)O. The van der Waals surface area contributed by atoms with Gasteiger partial charge in [0, 0.05) is 0 Å². The summed E-state index contributed by atoms with van der Waals surface area (Å²) in [4.78, 5) is 0. The van der Waals surface area contributed by atoms with Gasteiger partial charge in [-0.1, -0.05) is 0 Å². The van der Waals surface area contributed by atoms with E-state index in [2.05, 4.69) is 0 Å². The molecule has 0 heterocycles. The summed E-state index contributed by atoms with van der Waals surface area (Å²) in [5, 5.41) is 21.5. The summed E-state index contributed by atoms with van der Waals surface area (Å²) in [6, 6.07) is 0. The Labute approximate surface area is 65.2 Å². The van der Waals surface area contributed by atoms with E-state index in [0.29, 0.717) is 0 Å². The van der Waals surface area contributed by atoms with Crippen molar-refractivity contribution in [3.8, 4) is 0 Å². The van der Waals surface area contributed by atoms with E-state index < -0.39 is 22.9 Å². The molecule has 0 saturated carbocycles. The normalized spacial score (nSPS) is 11.6. The molecule has 0 aliphatic carbocycles. The van der Waals surface area contributed by atoms with Gasteiger partial charge in [0.1, 0.15) is 0 Å². The molecule has 0 aromatic heterocycles. The largest absolute Gasteiger partial charge is 0.631 e. The predicted molar refractivity (Wildman–Crippen MR) is 30.0 cm³/mol. The molecule has 0 aliphatic rings. The van der Waals surface area contributed by atoms with Crippen LogP contribution in [0.3, 0.4) is 0 Å². The lowest BCUT2D eigenvalue weighted by molar-refractivity contribution is -0.0510. The second kappa shape index (κ2) is 4.62. The van der Waals surface area contributed by atoms with Crippen molar-refractivity contribution in [1.29, 1.82) is 0 Å². The molecule has 0 unspecified atom stereocenters. The molecule has 0 bridgehead atoms. The number of alkyl halides is 3. The molecular weight excluding hydrogens is 208 g/mol. The van der Waals surface area contributed by atoms with Crippen LogP contribution in [0.15, 0.2) is 0 Å². The Morgan fingerprint density at radius 1 is 1.08 bits per heavy atom. The zero-order chi connectivity index (χ0) is 10.6. The Morgan fingerprint density at radius 3 is 1.17 bits per heavy atom. The molecule has 11 heteroatoms. The molecule has 0 saturated heterocycles. The molecule has 0 spiro atoms. The Kier molecular flexibility index (Phi) is 5.46. The van der Waals surface area contributed by atoms with Gasteiger partial charge in [0.25, 0.3) is 0 Å². The van der Waals surface area contributed by atoms with Crippen molar-refractivity contribution in [2.75, 3.05) is 0 Å². The summed E-state index contributed by atoms with van der Waals surface area (Å²) in [6.07, 6.45) is 0. The minimum Gasteiger partial charge on any atom is -0.402 e. The number of hydrogen-bond acceptors (Lipinski definition) is 5. The number of hydrogen-bond donors (Lipinski definition) is 4. The van der Waals surface area contributed by atoms with Crippen LogP contribution in [0, 0.1) is 0 Å². The van der Waals surface area contributed by atoms with Gasteiger partial charge in [-0.05, 0) is 0 Å². The van der Waals surface area contributed by atoms with Crippen LogP contribution in [0.2, 0.25) is 0 Å². The summed E-state index contributed by atoms with van der Waals surface area (Å²) in [6.45, 7) is 0. The van der Waals surface area contributed by atoms with Gasteiger partial charge in [-0.3, -0.25) is 4.55 Å². The molecule has 4 N–H and O–H groups in total. The highest BCUT2D eigenvalue weighted by molar-refractivity contribution is 7.86. The molecule has 0 amide bonds. The quantitative estimate of drug-likeness (QED) is 0.217. The van der Waals surface area contributed by atoms with Crippen molar-refractivity contribution >= 4 is 17.4 Å². The van der Waals surface area contributed by atoms with E-state index in [4.69, 9.17) is 28.0 Å². The molecule has 0 radical (unpaired) electrons. The molecule has 0 aromatic rings. The van der Waals surface area contributed by atoms with Crippen molar-refractivity contribution in [3.05, 3.63) is 0 Å². The average Bonchev–Trinajstić information content (AvgIpc) is 1.55. The lowest BCUT2D eigenvalue weighted by Gasteiger charge is -1.97. The van der Waals surface area contributed by atoms with Crippen molar-refractivity contribution in [1.82, 2.24) is 0 Å². The van der Waals surface area contributed by atoms with Gasteiger partial charge in [0.15, 0.2) is 0 Å². The zero-order valence-electron chi connectivity index (χ0n) is 5.22. The highest BCUT2D eigenvalue weighted by Crippen LogP contribution is 2.20. The molecule has 74 valence electrons. The van der Waals surface area contributed by atoms with Crippen molar-refractivity contribution in [3.63, 3.8) is 0 Å². The standard InChI is InChI=1S/CHF3O3S.BH3O3/c2-1(3,4)8(5,6)7;2-1(3)4/h(H,5,6,7);2-4H. The fourth-order valence-corrected chi connectivity index (χ4v) is 0. The predicted octanol–water partition coefficient (Wildman–Crippen LogP) is -1.66. The van der Waals surface area contributed by atoms with Crippen LogP contribution in [0.25, 0.3) is 0 Å². The first-order valence-electron chi connectivity index (χ1n) is 2.06. The first kappa shape index (κ1) is 14.2. The molecule has 0 aromatic carbocycles. The maximum absolute atomic E-state index is 10.7. The van der Waals surface area contributed by atoms with Gasteiger partial charge in [-0.2, -0.15) is 21.6 Å². The van der Waals surface area contributed by atoms with E-state index in [1.165, 1.54) is 0 Å². The molecule has 6 nitrogen and oxygen atoms in total. The number of rotatable bonds is 0. The molecule has 12 heavy (non-hydrogen) atoms. The second-order valence-corrected chi connectivity index (χ2v) is 2.68. The van der Waals surface area contributed by atoms with Gasteiger partial charge >= 0.3 is 22.9 Å². The van der Waals surface area contributed by atoms with Crippen LogP contribution < -0.4 is 0 Å². The minimum absolute atomic E-state index is 2.17. The van der Waals surface area contributed by atoms with E-state index in [-0.39, 0.29) is 0 Å². The highest BCUT2D eigenvalue weighted by atomic mass is 32.2. The monoisotopic (exact) mass is 212 g/mol. The fraction of sp³-hybridized carbons (Fsp3) is 1.00. The maximum atomic E-state index is 10.7.